The maximum atomic E-state index is 12.2. The third-order valence-electron chi connectivity index (χ3n) is 3.81. The molecule has 0 N–H and O–H groups in total. The van der Waals surface area contributed by atoms with E-state index in [-0.39, 0.29) is 11.3 Å². The normalized spacial score (nSPS) is 20.5. The van der Waals surface area contributed by atoms with Gasteiger partial charge < -0.3 is 4.90 Å². The smallest absolute Gasteiger partial charge is 0.255 e. The molecule has 94 valence electrons. The molecular formula is C16H13NOS. The Morgan fingerprint density at radius 2 is 1.89 bits per heavy atom. The second-order valence-corrected chi connectivity index (χ2v) is 6.08. The van der Waals surface area contributed by atoms with Crippen LogP contribution in [0.1, 0.15) is 21.3 Å². The van der Waals surface area contributed by atoms with Crippen LogP contribution in [0.25, 0.3) is 11.1 Å². The van der Waals surface area contributed by atoms with Gasteiger partial charge in [0.05, 0.1) is 0 Å². The summed E-state index contributed by atoms with van der Waals surface area (Å²) >= 11 is 1.87. The number of fused-ring (bicyclic) bond motifs is 3. The Morgan fingerprint density at radius 1 is 1.05 bits per heavy atom. The summed E-state index contributed by atoms with van der Waals surface area (Å²) < 4.78 is 0. The van der Waals surface area contributed by atoms with Crippen molar-refractivity contribution in [2.45, 2.75) is 5.37 Å². The number of thioether (sulfide) groups is 1. The third-order valence-corrected chi connectivity index (χ3v) is 5.05. The SMILES string of the molecule is O=C1c2ccc(-c3ccccc3)cc2[C@H]2SCCN12. The van der Waals surface area contributed by atoms with E-state index < -0.39 is 0 Å². The molecule has 0 spiro atoms. The van der Waals surface area contributed by atoms with Crippen LogP contribution in [0.5, 0.6) is 0 Å². The molecule has 19 heavy (non-hydrogen) atoms. The lowest BCUT2D eigenvalue weighted by atomic mass is 10.0. The Bertz CT molecular complexity index is 653. The molecule has 2 aliphatic rings. The minimum absolute atomic E-state index is 0.199. The second kappa shape index (κ2) is 4.14. The number of carbonyl (C=O) groups is 1. The quantitative estimate of drug-likeness (QED) is 0.787. The van der Waals surface area contributed by atoms with Crippen LogP contribution in [-0.2, 0) is 0 Å². The van der Waals surface area contributed by atoms with Crippen LogP contribution in [0, 0.1) is 0 Å². The summed E-state index contributed by atoms with van der Waals surface area (Å²) in [5.74, 6) is 1.25. The van der Waals surface area contributed by atoms with E-state index in [2.05, 4.69) is 24.3 Å². The van der Waals surface area contributed by atoms with E-state index in [4.69, 9.17) is 0 Å². The summed E-state index contributed by atoms with van der Waals surface area (Å²) in [5, 5.41) is 0.242. The van der Waals surface area contributed by atoms with Crippen molar-refractivity contribution in [3.05, 3.63) is 59.7 Å². The second-order valence-electron chi connectivity index (χ2n) is 4.89. The first-order chi connectivity index (χ1) is 9.34. The molecule has 0 saturated carbocycles. The summed E-state index contributed by atoms with van der Waals surface area (Å²) in [5.41, 5.74) is 4.48. The van der Waals surface area contributed by atoms with Gasteiger partial charge in [-0.05, 0) is 28.8 Å². The first-order valence-corrected chi connectivity index (χ1v) is 7.51. The lowest BCUT2D eigenvalue weighted by Crippen LogP contribution is -2.22. The molecule has 1 amide bonds. The Balaban J connectivity index is 1.84. The predicted octanol–water partition coefficient (Wildman–Crippen LogP) is 3.55. The van der Waals surface area contributed by atoms with Gasteiger partial charge in [0.2, 0.25) is 0 Å². The number of rotatable bonds is 1. The van der Waals surface area contributed by atoms with Crippen molar-refractivity contribution in [1.82, 2.24) is 4.90 Å². The minimum Gasteiger partial charge on any atom is -0.322 e. The first kappa shape index (κ1) is 11.1. The molecule has 2 nitrogen and oxygen atoms in total. The van der Waals surface area contributed by atoms with Gasteiger partial charge in [-0.1, -0.05) is 36.4 Å². The number of hydrogen-bond donors (Lipinski definition) is 0. The minimum atomic E-state index is 0.199. The van der Waals surface area contributed by atoms with E-state index in [1.54, 1.807) is 0 Å². The average Bonchev–Trinajstić information content (AvgIpc) is 3.04. The van der Waals surface area contributed by atoms with E-state index in [1.165, 1.54) is 16.7 Å². The van der Waals surface area contributed by atoms with Gasteiger partial charge in [0.15, 0.2) is 0 Å². The topological polar surface area (TPSA) is 20.3 Å². The fourth-order valence-corrected chi connectivity index (χ4v) is 4.14. The van der Waals surface area contributed by atoms with Gasteiger partial charge in [-0.15, -0.1) is 11.8 Å². The fraction of sp³-hybridized carbons (Fsp3) is 0.188. The molecule has 0 aromatic heterocycles. The van der Waals surface area contributed by atoms with Crippen LogP contribution in [0.2, 0.25) is 0 Å². The van der Waals surface area contributed by atoms with E-state index >= 15 is 0 Å². The summed E-state index contributed by atoms with van der Waals surface area (Å²) in [6.07, 6.45) is 0. The standard InChI is InChI=1S/C16H13NOS/c18-15-13-7-6-12(11-4-2-1-3-5-11)10-14(13)16-17(15)8-9-19-16/h1-7,10,16H,8-9H2/t16-/m1/s1. The predicted molar refractivity (Wildman–Crippen MR) is 78.1 cm³/mol. The zero-order chi connectivity index (χ0) is 12.8. The van der Waals surface area contributed by atoms with Crippen LogP contribution in [0.4, 0.5) is 0 Å². The van der Waals surface area contributed by atoms with E-state index in [0.717, 1.165) is 17.9 Å². The first-order valence-electron chi connectivity index (χ1n) is 6.46. The average molecular weight is 267 g/mol. The highest BCUT2D eigenvalue weighted by Crippen LogP contribution is 2.46. The van der Waals surface area contributed by atoms with Gasteiger partial charge >= 0.3 is 0 Å². The number of nitrogens with zero attached hydrogens (tertiary/aromatic N) is 1. The Hall–Kier alpha value is -1.74. The maximum absolute atomic E-state index is 12.2. The third kappa shape index (κ3) is 1.61. The molecular weight excluding hydrogens is 254 g/mol. The Kier molecular flexibility index (Phi) is 2.42. The largest absolute Gasteiger partial charge is 0.322 e. The van der Waals surface area contributed by atoms with Crippen molar-refractivity contribution in [2.75, 3.05) is 12.3 Å². The van der Waals surface area contributed by atoms with Gasteiger partial charge in [-0.25, -0.2) is 0 Å². The lowest BCUT2D eigenvalue weighted by molar-refractivity contribution is 0.0794. The molecule has 4 rings (SSSR count). The van der Waals surface area contributed by atoms with Gasteiger partial charge in [-0.2, -0.15) is 0 Å². The lowest BCUT2D eigenvalue weighted by Gasteiger charge is -2.13. The Morgan fingerprint density at radius 3 is 2.74 bits per heavy atom. The molecule has 0 unspecified atom stereocenters. The zero-order valence-corrected chi connectivity index (χ0v) is 11.2. The molecule has 1 saturated heterocycles. The number of hydrogen-bond acceptors (Lipinski definition) is 2. The number of benzene rings is 2. The molecule has 0 radical (unpaired) electrons. The van der Waals surface area contributed by atoms with E-state index in [9.17, 15) is 4.79 Å². The van der Waals surface area contributed by atoms with E-state index in [0.29, 0.717) is 0 Å². The molecule has 0 bridgehead atoms. The summed E-state index contributed by atoms with van der Waals surface area (Å²) in [7, 11) is 0. The molecule has 1 atom stereocenters. The van der Waals surface area contributed by atoms with Crippen LogP contribution in [0.15, 0.2) is 48.5 Å². The van der Waals surface area contributed by atoms with Gasteiger partial charge in [-0.3, -0.25) is 4.79 Å². The van der Waals surface area contributed by atoms with Gasteiger partial charge in [0.25, 0.3) is 5.91 Å². The van der Waals surface area contributed by atoms with Crippen molar-refractivity contribution >= 4 is 17.7 Å². The van der Waals surface area contributed by atoms with Crippen molar-refractivity contribution in [1.29, 1.82) is 0 Å². The van der Waals surface area contributed by atoms with Crippen LogP contribution < -0.4 is 0 Å². The molecule has 0 aliphatic carbocycles. The summed E-state index contributed by atoms with van der Waals surface area (Å²) in [4.78, 5) is 14.2. The fourth-order valence-electron chi connectivity index (χ4n) is 2.86. The van der Waals surface area contributed by atoms with Crippen molar-refractivity contribution in [3.8, 4) is 11.1 Å². The van der Waals surface area contributed by atoms with Crippen molar-refractivity contribution < 1.29 is 4.79 Å². The highest BCUT2D eigenvalue weighted by Gasteiger charge is 2.40. The number of carbonyl (C=O) groups excluding carboxylic acids is 1. The number of amides is 1. The molecule has 1 fully saturated rings. The van der Waals surface area contributed by atoms with E-state index in [1.807, 2.05) is 40.9 Å². The van der Waals surface area contributed by atoms with Gasteiger partial charge in [0.1, 0.15) is 5.37 Å². The summed E-state index contributed by atoms with van der Waals surface area (Å²) in [6.45, 7) is 0.878. The van der Waals surface area contributed by atoms with Gasteiger partial charge in [0, 0.05) is 17.9 Å². The summed E-state index contributed by atoms with van der Waals surface area (Å²) in [6, 6.07) is 16.6. The molecule has 2 aromatic rings. The monoisotopic (exact) mass is 267 g/mol. The zero-order valence-electron chi connectivity index (χ0n) is 10.4. The molecule has 2 aliphatic heterocycles. The maximum Gasteiger partial charge on any atom is 0.255 e. The highest BCUT2D eigenvalue weighted by atomic mass is 32.2. The highest BCUT2D eigenvalue weighted by molar-refractivity contribution is 7.99. The molecule has 3 heteroatoms. The molecule has 2 heterocycles. The molecule has 2 aromatic carbocycles. The van der Waals surface area contributed by atoms with Crippen molar-refractivity contribution in [3.63, 3.8) is 0 Å². The Labute approximate surface area is 116 Å². The van der Waals surface area contributed by atoms with Crippen LogP contribution in [-0.4, -0.2) is 23.1 Å². The van der Waals surface area contributed by atoms with Crippen molar-refractivity contribution in [2.24, 2.45) is 0 Å². The van der Waals surface area contributed by atoms with Crippen LogP contribution in [0.3, 0.4) is 0 Å². The van der Waals surface area contributed by atoms with Crippen LogP contribution >= 0.6 is 11.8 Å².